The van der Waals surface area contributed by atoms with Crippen LogP contribution >= 0.6 is 15.9 Å². The van der Waals surface area contributed by atoms with E-state index in [-0.39, 0.29) is 5.57 Å². The van der Waals surface area contributed by atoms with Crippen molar-refractivity contribution in [1.29, 1.82) is 0 Å². The van der Waals surface area contributed by atoms with Gasteiger partial charge in [-0.3, -0.25) is 0 Å². The van der Waals surface area contributed by atoms with Crippen LogP contribution in [0.2, 0.25) is 0 Å². The molecule has 0 heterocycles. The molecule has 5 heteroatoms. The van der Waals surface area contributed by atoms with Crippen molar-refractivity contribution in [1.82, 2.24) is 0 Å². The molecule has 0 unspecified atom stereocenters. The number of rotatable bonds is 5. The van der Waals surface area contributed by atoms with Gasteiger partial charge < -0.3 is 9.47 Å². The minimum Gasteiger partial charge on any atom is -0.470 e. The van der Waals surface area contributed by atoms with Gasteiger partial charge >= 0.3 is 5.97 Å². The molecular weight excluding hydrogens is 291 g/mol. The maximum absolute atomic E-state index is 12.0. The average molecular weight is 303 g/mol. The number of alkyl halides is 2. The van der Waals surface area contributed by atoms with E-state index in [0.717, 1.165) is 11.8 Å². The van der Waals surface area contributed by atoms with Crippen molar-refractivity contribution in [3.63, 3.8) is 0 Å². The zero-order valence-corrected chi connectivity index (χ0v) is 10.9. The summed E-state index contributed by atoms with van der Waals surface area (Å²) in [5.41, 5.74) is 1.75. The van der Waals surface area contributed by atoms with E-state index < -0.39 is 12.8 Å². The summed E-state index contributed by atoms with van der Waals surface area (Å²) in [6.07, 6.45) is 1.08. The Morgan fingerprint density at radius 1 is 1.47 bits per heavy atom. The first kappa shape index (κ1) is 13.7. The number of hydrogen-bond acceptors (Lipinski definition) is 3. The highest BCUT2D eigenvalue weighted by Gasteiger charge is 2.15. The molecule has 0 aliphatic carbocycles. The Morgan fingerprint density at radius 3 is 2.76 bits per heavy atom. The SMILES string of the molecule is COC(=O)/C(=C\OCF)c1ccccc1CBr. The van der Waals surface area contributed by atoms with E-state index in [1.165, 1.54) is 7.11 Å². The summed E-state index contributed by atoms with van der Waals surface area (Å²) in [6, 6.07) is 7.25. The van der Waals surface area contributed by atoms with Gasteiger partial charge in [-0.05, 0) is 11.1 Å². The van der Waals surface area contributed by atoms with Gasteiger partial charge in [-0.25, -0.2) is 9.18 Å². The number of methoxy groups -OCH3 is 1. The number of esters is 1. The summed E-state index contributed by atoms with van der Waals surface area (Å²) >= 11 is 3.32. The van der Waals surface area contributed by atoms with Crippen LogP contribution in [0.15, 0.2) is 30.5 Å². The number of benzene rings is 1. The van der Waals surface area contributed by atoms with Crippen LogP contribution in [0.1, 0.15) is 11.1 Å². The number of hydrogen-bond donors (Lipinski definition) is 0. The molecular formula is C12H12BrFO3. The molecule has 0 atom stereocenters. The van der Waals surface area contributed by atoms with E-state index in [2.05, 4.69) is 25.4 Å². The standard InChI is InChI=1S/C12H12BrFO3/c1-16-12(15)11(7-17-8-14)10-5-3-2-4-9(10)6-13/h2-5,7H,6,8H2,1H3/b11-7-. The Morgan fingerprint density at radius 2 is 2.18 bits per heavy atom. The van der Waals surface area contributed by atoms with Crippen molar-refractivity contribution >= 4 is 27.5 Å². The van der Waals surface area contributed by atoms with Crippen LogP contribution < -0.4 is 0 Å². The normalized spacial score (nSPS) is 11.1. The highest BCUT2D eigenvalue weighted by molar-refractivity contribution is 9.08. The first-order valence-corrected chi connectivity index (χ1v) is 5.97. The monoisotopic (exact) mass is 302 g/mol. The first-order valence-electron chi connectivity index (χ1n) is 4.84. The highest BCUT2D eigenvalue weighted by atomic mass is 79.9. The molecule has 0 saturated heterocycles. The molecule has 0 fully saturated rings. The topological polar surface area (TPSA) is 35.5 Å². The van der Waals surface area contributed by atoms with Crippen molar-refractivity contribution < 1.29 is 18.7 Å². The quantitative estimate of drug-likeness (QED) is 0.363. The molecule has 0 bridgehead atoms. The maximum atomic E-state index is 12.0. The minimum atomic E-state index is -0.989. The summed E-state index contributed by atoms with van der Waals surface area (Å²) in [5, 5.41) is 0.577. The third-order valence-corrected chi connectivity index (χ3v) is 2.73. The lowest BCUT2D eigenvalue weighted by atomic mass is 10.0. The second-order valence-corrected chi connectivity index (χ2v) is 3.65. The summed E-state index contributed by atoms with van der Waals surface area (Å²) < 4.78 is 21.2. The predicted octanol–water partition coefficient (Wildman–Crippen LogP) is 3.04. The van der Waals surface area contributed by atoms with E-state index in [0.29, 0.717) is 10.9 Å². The van der Waals surface area contributed by atoms with Gasteiger partial charge in [0.25, 0.3) is 0 Å². The summed E-state index contributed by atoms with van der Waals surface area (Å²) in [4.78, 5) is 11.6. The van der Waals surface area contributed by atoms with Crippen LogP contribution in [0.3, 0.4) is 0 Å². The van der Waals surface area contributed by atoms with Gasteiger partial charge in [0.05, 0.1) is 7.11 Å². The maximum Gasteiger partial charge on any atom is 0.341 e. The van der Waals surface area contributed by atoms with Gasteiger partial charge in [0.2, 0.25) is 6.86 Å². The third-order valence-electron chi connectivity index (χ3n) is 2.12. The summed E-state index contributed by atoms with van der Waals surface area (Å²) in [7, 11) is 1.27. The molecule has 1 aromatic rings. The van der Waals surface area contributed by atoms with Crippen LogP contribution in [0.25, 0.3) is 5.57 Å². The smallest absolute Gasteiger partial charge is 0.341 e. The Bertz CT molecular complexity index is 418. The molecule has 0 radical (unpaired) electrons. The Labute approximate surface area is 107 Å². The van der Waals surface area contributed by atoms with Gasteiger partial charge in [-0.15, -0.1) is 0 Å². The molecule has 3 nitrogen and oxygen atoms in total. The van der Waals surface area contributed by atoms with Crippen LogP contribution in [0, 0.1) is 0 Å². The third kappa shape index (κ3) is 3.56. The van der Waals surface area contributed by atoms with Gasteiger partial charge in [-0.2, -0.15) is 0 Å². The lowest BCUT2D eigenvalue weighted by molar-refractivity contribution is -0.133. The number of carbonyl (C=O) groups is 1. The summed E-state index contributed by atoms with van der Waals surface area (Å²) in [5.74, 6) is -0.563. The molecule has 0 spiro atoms. The zero-order valence-electron chi connectivity index (χ0n) is 9.28. The van der Waals surface area contributed by atoms with E-state index in [1.54, 1.807) is 12.1 Å². The second-order valence-electron chi connectivity index (χ2n) is 3.09. The lowest BCUT2D eigenvalue weighted by Gasteiger charge is -2.09. The minimum absolute atomic E-state index is 0.195. The molecule has 1 rings (SSSR count). The molecule has 0 aliphatic heterocycles. The molecule has 0 N–H and O–H groups in total. The van der Waals surface area contributed by atoms with E-state index in [1.807, 2.05) is 12.1 Å². The molecule has 0 aromatic heterocycles. The van der Waals surface area contributed by atoms with Gasteiger partial charge in [0.1, 0.15) is 11.8 Å². The highest BCUT2D eigenvalue weighted by Crippen LogP contribution is 2.22. The molecule has 0 amide bonds. The fraction of sp³-hybridized carbons (Fsp3) is 0.250. The number of ether oxygens (including phenoxy) is 2. The first-order chi connectivity index (χ1) is 8.24. The second kappa shape index (κ2) is 7.06. The van der Waals surface area contributed by atoms with E-state index >= 15 is 0 Å². The van der Waals surface area contributed by atoms with Crippen LogP contribution in [0.5, 0.6) is 0 Å². The van der Waals surface area contributed by atoms with Crippen molar-refractivity contribution in [3.8, 4) is 0 Å². The zero-order chi connectivity index (χ0) is 12.7. The molecule has 17 heavy (non-hydrogen) atoms. The predicted molar refractivity (Wildman–Crippen MR) is 66.1 cm³/mol. The lowest BCUT2D eigenvalue weighted by Crippen LogP contribution is -2.06. The summed E-state index contributed by atoms with van der Waals surface area (Å²) in [6.45, 7) is -0.989. The van der Waals surface area contributed by atoms with E-state index in [4.69, 9.17) is 0 Å². The molecule has 0 aliphatic rings. The van der Waals surface area contributed by atoms with Gasteiger partial charge in [-0.1, -0.05) is 40.2 Å². The molecule has 92 valence electrons. The number of halogens is 2. The fourth-order valence-corrected chi connectivity index (χ4v) is 1.83. The van der Waals surface area contributed by atoms with Crippen molar-refractivity contribution in [3.05, 3.63) is 41.7 Å². The fourth-order valence-electron chi connectivity index (χ4n) is 1.35. The van der Waals surface area contributed by atoms with Gasteiger partial charge in [0.15, 0.2) is 0 Å². The van der Waals surface area contributed by atoms with Crippen LogP contribution in [0.4, 0.5) is 4.39 Å². The Hall–Kier alpha value is -1.36. The van der Waals surface area contributed by atoms with E-state index in [9.17, 15) is 9.18 Å². The largest absolute Gasteiger partial charge is 0.470 e. The Balaban J connectivity index is 3.17. The molecule has 1 aromatic carbocycles. The average Bonchev–Trinajstić information content (AvgIpc) is 2.39. The van der Waals surface area contributed by atoms with Crippen molar-refractivity contribution in [2.45, 2.75) is 5.33 Å². The molecule has 0 saturated carbocycles. The number of carbonyl (C=O) groups excluding carboxylic acids is 1. The van der Waals surface area contributed by atoms with Crippen molar-refractivity contribution in [2.75, 3.05) is 14.0 Å². The Kier molecular flexibility index (Phi) is 5.69. The van der Waals surface area contributed by atoms with Gasteiger partial charge in [0, 0.05) is 5.33 Å². The van der Waals surface area contributed by atoms with Crippen molar-refractivity contribution in [2.24, 2.45) is 0 Å². The van der Waals surface area contributed by atoms with Crippen LogP contribution in [-0.2, 0) is 19.6 Å². The van der Waals surface area contributed by atoms with Crippen LogP contribution in [-0.4, -0.2) is 19.9 Å².